The average Bonchev–Trinajstić information content (AvgIpc) is 2.65. The molecule has 4 nitrogen and oxygen atoms in total. The predicted octanol–water partition coefficient (Wildman–Crippen LogP) is 1.19. The molecule has 0 amide bonds. The van der Waals surface area contributed by atoms with Gasteiger partial charge in [-0.15, -0.1) is 0 Å². The van der Waals surface area contributed by atoms with Crippen LogP contribution in [-0.2, 0) is 11.2 Å². The third kappa shape index (κ3) is 2.53. The van der Waals surface area contributed by atoms with E-state index in [2.05, 4.69) is 17.4 Å². The first-order valence-corrected chi connectivity index (χ1v) is 6.09. The van der Waals surface area contributed by atoms with Crippen molar-refractivity contribution in [2.24, 2.45) is 5.92 Å². The summed E-state index contributed by atoms with van der Waals surface area (Å²) < 4.78 is 16.2. The fourth-order valence-electron chi connectivity index (χ4n) is 2.29. The van der Waals surface area contributed by atoms with E-state index >= 15 is 0 Å². The van der Waals surface area contributed by atoms with E-state index in [9.17, 15) is 0 Å². The standard InChI is InChI=1S/C13H17NO3/c1-2-12-13(17-9-16-12)6-10(1)5-11-7-14-3-4-15-8-11/h1-2,6,11,14H,3-5,7-9H2. The van der Waals surface area contributed by atoms with Gasteiger partial charge in [-0.25, -0.2) is 0 Å². The van der Waals surface area contributed by atoms with E-state index in [1.165, 1.54) is 5.56 Å². The van der Waals surface area contributed by atoms with E-state index in [1.54, 1.807) is 0 Å². The Kier molecular flexibility index (Phi) is 3.16. The van der Waals surface area contributed by atoms with Crippen molar-refractivity contribution in [3.05, 3.63) is 23.8 Å². The van der Waals surface area contributed by atoms with Gasteiger partial charge in [0.25, 0.3) is 0 Å². The molecule has 1 aromatic rings. The molecule has 3 rings (SSSR count). The third-order valence-electron chi connectivity index (χ3n) is 3.17. The largest absolute Gasteiger partial charge is 0.454 e. The number of hydrogen-bond donors (Lipinski definition) is 1. The predicted molar refractivity (Wildman–Crippen MR) is 63.4 cm³/mol. The van der Waals surface area contributed by atoms with Crippen molar-refractivity contribution < 1.29 is 14.2 Å². The molecule has 0 aliphatic carbocycles. The molecule has 1 aromatic carbocycles. The van der Waals surface area contributed by atoms with Gasteiger partial charge in [0.05, 0.1) is 13.2 Å². The first-order valence-electron chi connectivity index (χ1n) is 6.09. The minimum absolute atomic E-state index is 0.340. The number of hydrogen-bond acceptors (Lipinski definition) is 4. The van der Waals surface area contributed by atoms with E-state index in [4.69, 9.17) is 14.2 Å². The number of rotatable bonds is 2. The lowest BCUT2D eigenvalue weighted by Crippen LogP contribution is -2.24. The fraction of sp³-hybridized carbons (Fsp3) is 0.538. The lowest BCUT2D eigenvalue weighted by atomic mass is 10.00. The maximum atomic E-state index is 5.55. The normalized spacial score (nSPS) is 23.4. The van der Waals surface area contributed by atoms with Crippen molar-refractivity contribution in [2.75, 3.05) is 33.1 Å². The van der Waals surface area contributed by atoms with Crippen LogP contribution in [0.5, 0.6) is 11.5 Å². The van der Waals surface area contributed by atoms with Crippen LogP contribution in [-0.4, -0.2) is 33.1 Å². The van der Waals surface area contributed by atoms with Gasteiger partial charge in [0.2, 0.25) is 6.79 Å². The molecule has 17 heavy (non-hydrogen) atoms. The Bertz CT molecular complexity index is 386. The van der Waals surface area contributed by atoms with Crippen LogP contribution in [0, 0.1) is 5.92 Å². The molecule has 1 atom stereocenters. The number of benzene rings is 1. The van der Waals surface area contributed by atoms with Gasteiger partial charge < -0.3 is 19.5 Å². The monoisotopic (exact) mass is 235 g/mol. The lowest BCUT2D eigenvalue weighted by molar-refractivity contribution is 0.123. The molecule has 0 bridgehead atoms. The summed E-state index contributed by atoms with van der Waals surface area (Å²) in [6.07, 6.45) is 1.02. The van der Waals surface area contributed by atoms with E-state index in [0.29, 0.717) is 12.7 Å². The molecular formula is C13H17NO3. The van der Waals surface area contributed by atoms with Gasteiger partial charge in [0.1, 0.15) is 0 Å². The summed E-state index contributed by atoms with van der Waals surface area (Å²) in [4.78, 5) is 0. The fourth-order valence-corrected chi connectivity index (χ4v) is 2.29. The zero-order chi connectivity index (χ0) is 11.5. The third-order valence-corrected chi connectivity index (χ3v) is 3.17. The van der Waals surface area contributed by atoms with Gasteiger partial charge >= 0.3 is 0 Å². The molecule has 0 radical (unpaired) electrons. The van der Waals surface area contributed by atoms with Crippen LogP contribution >= 0.6 is 0 Å². The van der Waals surface area contributed by atoms with Crippen molar-refractivity contribution in [1.29, 1.82) is 0 Å². The molecule has 2 aliphatic heterocycles. The molecule has 2 heterocycles. The highest BCUT2D eigenvalue weighted by Crippen LogP contribution is 2.33. The minimum atomic E-state index is 0.340. The lowest BCUT2D eigenvalue weighted by Gasteiger charge is -2.13. The zero-order valence-corrected chi connectivity index (χ0v) is 9.78. The van der Waals surface area contributed by atoms with Crippen LogP contribution in [0.4, 0.5) is 0 Å². The molecule has 0 aromatic heterocycles. The van der Waals surface area contributed by atoms with Gasteiger partial charge in [-0.2, -0.15) is 0 Å². The van der Waals surface area contributed by atoms with Crippen molar-refractivity contribution >= 4 is 0 Å². The van der Waals surface area contributed by atoms with Crippen molar-refractivity contribution in [1.82, 2.24) is 5.32 Å². The Morgan fingerprint density at radius 3 is 3.18 bits per heavy atom. The number of ether oxygens (including phenoxy) is 3. The summed E-state index contributed by atoms with van der Waals surface area (Å²) in [7, 11) is 0. The number of nitrogens with one attached hydrogen (secondary N) is 1. The molecule has 1 saturated heterocycles. The molecular weight excluding hydrogens is 218 g/mol. The highest BCUT2D eigenvalue weighted by atomic mass is 16.7. The topological polar surface area (TPSA) is 39.7 Å². The van der Waals surface area contributed by atoms with E-state index < -0.39 is 0 Å². The SMILES string of the molecule is c1cc2c(cc1CC1CNCCOC1)OCO2. The Balaban J connectivity index is 1.67. The Hall–Kier alpha value is -1.26. The highest BCUT2D eigenvalue weighted by Gasteiger charge is 2.16. The van der Waals surface area contributed by atoms with Gasteiger partial charge in [-0.05, 0) is 30.0 Å². The van der Waals surface area contributed by atoms with E-state index in [1.807, 2.05) is 6.07 Å². The van der Waals surface area contributed by atoms with Crippen molar-refractivity contribution in [3.8, 4) is 11.5 Å². The van der Waals surface area contributed by atoms with Gasteiger partial charge in [-0.3, -0.25) is 0 Å². The Morgan fingerprint density at radius 2 is 2.18 bits per heavy atom. The second-order valence-corrected chi connectivity index (χ2v) is 4.54. The molecule has 0 spiro atoms. The second kappa shape index (κ2) is 4.94. The van der Waals surface area contributed by atoms with Gasteiger partial charge in [0, 0.05) is 13.1 Å². The summed E-state index contributed by atoms with van der Waals surface area (Å²) in [5, 5.41) is 3.39. The molecule has 1 unspecified atom stereocenters. The first-order chi connectivity index (χ1) is 8.42. The van der Waals surface area contributed by atoms with Crippen LogP contribution in [0.25, 0.3) is 0 Å². The quantitative estimate of drug-likeness (QED) is 0.836. The minimum Gasteiger partial charge on any atom is -0.454 e. The molecule has 4 heteroatoms. The Labute approximate surface area is 101 Å². The van der Waals surface area contributed by atoms with Gasteiger partial charge in [-0.1, -0.05) is 6.07 Å². The number of fused-ring (bicyclic) bond motifs is 1. The Morgan fingerprint density at radius 1 is 1.24 bits per heavy atom. The van der Waals surface area contributed by atoms with Crippen LogP contribution in [0.15, 0.2) is 18.2 Å². The van der Waals surface area contributed by atoms with Crippen LogP contribution < -0.4 is 14.8 Å². The molecule has 2 aliphatic rings. The average molecular weight is 235 g/mol. The molecule has 1 fully saturated rings. The zero-order valence-electron chi connectivity index (χ0n) is 9.78. The van der Waals surface area contributed by atoms with Crippen molar-refractivity contribution in [2.45, 2.75) is 6.42 Å². The molecule has 1 N–H and O–H groups in total. The van der Waals surface area contributed by atoms with Crippen LogP contribution in [0.2, 0.25) is 0 Å². The smallest absolute Gasteiger partial charge is 0.231 e. The van der Waals surface area contributed by atoms with Crippen molar-refractivity contribution in [3.63, 3.8) is 0 Å². The summed E-state index contributed by atoms with van der Waals surface area (Å²) in [6.45, 7) is 3.97. The highest BCUT2D eigenvalue weighted by molar-refractivity contribution is 5.44. The molecule has 0 saturated carbocycles. The van der Waals surface area contributed by atoms with E-state index in [0.717, 1.165) is 44.2 Å². The maximum absolute atomic E-state index is 5.55. The maximum Gasteiger partial charge on any atom is 0.231 e. The summed E-state index contributed by atoms with van der Waals surface area (Å²) in [6, 6.07) is 6.17. The summed E-state index contributed by atoms with van der Waals surface area (Å²) >= 11 is 0. The summed E-state index contributed by atoms with van der Waals surface area (Å²) in [5.41, 5.74) is 1.28. The molecule has 92 valence electrons. The summed E-state index contributed by atoms with van der Waals surface area (Å²) in [5.74, 6) is 2.26. The van der Waals surface area contributed by atoms with Crippen LogP contribution in [0.3, 0.4) is 0 Å². The van der Waals surface area contributed by atoms with E-state index in [-0.39, 0.29) is 0 Å². The van der Waals surface area contributed by atoms with Gasteiger partial charge in [0.15, 0.2) is 11.5 Å². The first kappa shape index (κ1) is 10.9. The van der Waals surface area contributed by atoms with Crippen LogP contribution in [0.1, 0.15) is 5.56 Å². The second-order valence-electron chi connectivity index (χ2n) is 4.54.